The summed E-state index contributed by atoms with van der Waals surface area (Å²) < 4.78 is 12.1. The second kappa shape index (κ2) is 8.72. The molecule has 0 bridgehead atoms. The van der Waals surface area contributed by atoms with Gasteiger partial charge in [0.2, 0.25) is 0 Å². The fourth-order valence-electron chi connectivity index (χ4n) is 2.59. The van der Waals surface area contributed by atoms with Crippen LogP contribution in [0.3, 0.4) is 0 Å². The first-order valence-corrected chi connectivity index (χ1v) is 9.19. The van der Waals surface area contributed by atoms with Crippen molar-refractivity contribution in [3.05, 3.63) is 70.7 Å². The molecule has 26 heavy (non-hydrogen) atoms. The lowest BCUT2D eigenvalue weighted by Gasteiger charge is -2.12. The van der Waals surface area contributed by atoms with Crippen LogP contribution in [0.5, 0.6) is 11.5 Å². The van der Waals surface area contributed by atoms with Crippen LogP contribution in [0.4, 0.5) is 0 Å². The number of amides is 1. The molecule has 3 rings (SSSR count). The van der Waals surface area contributed by atoms with Crippen molar-refractivity contribution >= 4 is 32.6 Å². The molecule has 0 aliphatic carbocycles. The number of hydrogen-bond acceptors (Lipinski definition) is 3. The van der Waals surface area contributed by atoms with Gasteiger partial charge in [-0.25, -0.2) is 0 Å². The molecule has 134 valence electrons. The number of fused-ring (bicyclic) bond motifs is 1. The fraction of sp³-hybridized carbons (Fsp3) is 0.190. The Kier molecular flexibility index (Phi) is 6.12. The Morgan fingerprint density at radius 1 is 0.962 bits per heavy atom. The number of benzene rings is 3. The van der Waals surface area contributed by atoms with Gasteiger partial charge in [0.1, 0.15) is 18.1 Å². The zero-order chi connectivity index (χ0) is 18.4. The molecule has 0 spiro atoms. The van der Waals surface area contributed by atoms with Crippen LogP contribution in [-0.2, 0) is 4.79 Å². The van der Waals surface area contributed by atoms with E-state index < -0.39 is 0 Å². The largest absolute Gasteiger partial charge is 0.491 e. The molecule has 0 unspecified atom stereocenters. The van der Waals surface area contributed by atoms with Gasteiger partial charge in [-0.2, -0.15) is 0 Å². The van der Waals surface area contributed by atoms with E-state index in [9.17, 15) is 4.79 Å². The zero-order valence-corrected chi connectivity index (χ0v) is 16.1. The van der Waals surface area contributed by atoms with Crippen molar-refractivity contribution in [2.75, 3.05) is 19.8 Å². The third kappa shape index (κ3) is 4.55. The van der Waals surface area contributed by atoms with Crippen molar-refractivity contribution in [1.29, 1.82) is 0 Å². The van der Waals surface area contributed by atoms with E-state index in [1.807, 2.05) is 67.6 Å². The van der Waals surface area contributed by atoms with Crippen LogP contribution in [0, 0.1) is 6.92 Å². The summed E-state index contributed by atoms with van der Waals surface area (Å²) in [6, 6.07) is 19.6. The zero-order valence-electron chi connectivity index (χ0n) is 14.5. The van der Waals surface area contributed by atoms with Crippen molar-refractivity contribution < 1.29 is 14.3 Å². The van der Waals surface area contributed by atoms with Gasteiger partial charge in [0.15, 0.2) is 6.61 Å². The maximum absolute atomic E-state index is 12.0. The van der Waals surface area contributed by atoms with E-state index in [0.29, 0.717) is 18.9 Å². The maximum Gasteiger partial charge on any atom is 0.258 e. The summed E-state index contributed by atoms with van der Waals surface area (Å²) in [5.74, 6) is 1.30. The van der Waals surface area contributed by atoms with Gasteiger partial charge in [0.25, 0.3) is 5.91 Å². The van der Waals surface area contributed by atoms with E-state index in [1.165, 1.54) is 0 Å². The Morgan fingerprint density at radius 3 is 2.58 bits per heavy atom. The van der Waals surface area contributed by atoms with Crippen molar-refractivity contribution in [2.24, 2.45) is 0 Å². The highest BCUT2D eigenvalue weighted by molar-refractivity contribution is 9.10. The van der Waals surface area contributed by atoms with Crippen molar-refractivity contribution in [3.63, 3.8) is 0 Å². The van der Waals surface area contributed by atoms with Gasteiger partial charge in [-0.15, -0.1) is 0 Å². The van der Waals surface area contributed by atoms with Gasteiger partial charge >= 0.3 is 0 Å². The van der Waals surface area contributed by atoms with Crippen molar-refractivity contribution in [1.82, 2.24) is 5.32 Å². The van der Waals surface area contributed by atoms with Crippen molar-refractivity contribution in [2.45, 2.75) is 6.92 Å². The van der Waals surface area contributed by atoms with E-state index in [0.717, 1.165) is 26.6 Å². The summed E-state index contributed by atoms with van der Waals surface area (Å²) in [7, 11) is 0. The maximum atomic E-state index is 12.0. The minimum absolute atomic E-state index is 0.0404. The van der Waals surface area contributed by atoms with Crippen LogP contribution in [0.25, 0.3) is 10.8 Å². The van der Waals surface area contributed by atoms with Crippen LogP contribution in [0.15, 0.2) is 65.1 Å². The standard InChI is InChI=1S/C21H20BrNO3/c1-15-6-2-5-9-18(15)25-13-12-23-20(24)14-26-19-11-10-16-7-3-4-8-17(16)21(19)22/h2-11H,12-14H2,1H3,(H,23,24). The average molecular weight is 414 g/mol. The number of hydrogen-bond donors (Lipinski definition) is 1. The third-order valence-corrected chi connectivity index (χ3v) is 4.78. The molecule has 1 N–H and O–H groups in total. The number of ether oxygens (including phenoxy) is 2. The van der Waals surface area contributed by atoms with Crippen molar-refractivity contribution in [3.8, 4) is 11.5 Å². The molecule has 0 heterocycles. The lowest BCUT2D eigenvalue weighted by Crippen LogP contribution is -2.32. The first-order valence-electron chi connectivity index (χ1n) is 8.40. The molecule has 0 aromatic heterocycles. The molecular formula is C21H20BrNO3. The van der Waals surface area contributed by atoms with Crippen LogP contribution in [0.2, 0.25) is 0 Å². The Balaban J connectivity index is 1.46. The fourth-order valence-corrected chi connectivity index (χ4v) is 3.20. The van der Waals surface area contributed by atoms with Gasteiger partial charge in [-0.1, -0.05) is 48.5 Å². The molecule has 4 nitrogen and oxygen atoms in total. The topological polar surface area (TPSA) is 47.6 Å². The summed E-state index contributed by atoms with van der Waals surface area (Å²) in [4.78, 5) is 12.0. The molecule has 0 fully saturated rings. The monoisotopic (exact) mass is 413 g/mol. The van der Waals surface area contributed by atoms with E-state index in [-0.39, 0.29) is 12.5 Å². The normalized spacial score (nSPS) is 10.5. The highest BCUT2D eigenvalue weighted by Crippen LogP contribution is 2.32. The average Bonchev–Trinajstić information content (AvgIpc) is 2.66. The Morgan fingerprint density at radius 2 is 1.73 bits per heavy atom. The van der Waals surface area contributed by atoms with E-state index in [4.69, 9.17) is 9.47 Å². The van der Waals surface area contributed by atoms with Gasteiger partial charge in [-0.05, 0) is 51.3 Å². The summed E-state index contributed by atoms with van der Waals surface area (Å²) >= 11 is 3.55. The number of carbonyl (C=O) groups excluding carboxylic acids is 1. The first-order chi connectivity index (χ1) is 12.6. The van der Waals surface area contributed by atoms with E-state index in [1.54, 1.807) is 0 Å². The van der Waals surface area contributed by atoms with Crippen LogP contribution < -0.4 is 14.8 Å². The number of para-hydroxylation sites is 1. The second-order valence-corrected chi connectivity index (χ2v) is 6.64. The smallest absolute Gasteiger partial charge is 0.258 e. The van der Waals surface area contributed by atoms with Gasteiger partial charge in [0, 0.05) is 0 Å². The van der Waals surface area contributed by atoms with Gasteiger partial charge < -0.3 is 14.8 Å². The predicted molar refractivity (Wildman–Crippen MR) is 107 cm³/mol. The lowest BCUT2D eigenvalue weighted by molar-refractivity contribution is -0.123. The summed E-state index contributed by atoms with van der Waals surface area (Å²) in [5, 5.41) is 4.96. The number of nitrogens with one attached hydrogen (secondary N) is 1. The first kappa shape index (κ1) is 18.3. The Bertz CT molecular complexity index is 911. The van der Waals surface area contributed by atoms with Gasteiger partial charge in [0.05, 0.1) is 11.0 Å². The molecule has 0 saturated heterocycles. The number of aryl methyl sites for hydroxylation is 1. The third-order valence-electron chi connectivity index (χ3n) is 3.96. The van der Waals surface area contributed by atoms with Crippen LogP contribution in [0.1, 0.15) is 5.56 Å². The molecule has 0 radical (unpaired) electrons. The highest BCUT2D eigenvalue weighted by atomic mass is 79.9. The quantitative estimate of drug-likeness (QED) is 0.580. The molecule has 0 aliphatic rings. The number of halogens is 1. The summed E-state index contributed by atoms with van der Waals surface area (Å²) in [6.45, 7) is 2.79. The molecular weight excluding hydrogens is 394 g/mol. The lowest BCUT2D eigenvalue weighted by atomic mass is 10.1. The Hall–Kier alpha value is -2.53. The minimum atomic E-state index is -0.182. The van der Waals surface area contributed by atoms with Crippen LogP contribution >= 0.6 is 15.9 Å². The molecule has 3 aromatic carbocycles. The van der Waals surface area contributed by atoms with Gasteiger partial charge in [-0.3, -0.25) is 4.79 Å². The number of carbonyl (C=O) groups is 1. The highest BCUT2D eigenvalue weighted by Gasteiger charge is 2.08. The molecule has 0 atom stereocenters. The molecule has 3 aromatic rings. The molecule has 1 amide bonds. The van der Waals surface area contributed by atoms with E-state index >= 15 is 0 Å². The van der Waals surface area contributed by atoms with E-state index in [2.05, 4.69) is 21.2 Å². The summed E-state index contributed by atoms with van der Waals surface area (Å²) in [5.41, 5.74) is 1.07. The number of rotatable bonds is 7. The SMILES string of the molecule is Cc1ccccc1OCCNC(=O)COc1ccc2ccccc2c1Br. The Labute approximate surface area is 161 Å². The summed E-state index contributed by atoms with van der Waals surface area (Å²) in [6.07, 6.45) is 0. The minimum Gasteiger partial charge on any atom is -0.491 e. The second-order valence-electron chi connectivity index (χ2n) is 5.85. The molecule has 5 heteroatoms. The van der Waals surface area contributed by atoms with Crippen LogP contribution in [-0.4, -0.2) is 25.7 Å². The molecule has 0 aliphatic heterocycles. The molecule has 0 saturated carbocycles. The predicted octanol–water partition coefficient (Wildman–Crippen LogP) is 4.48.